The van der Waals surface area contributed by atoms with Crippen LogP contribution in [0.2, 0.25) is 0 Å². The molecule has 1 aromatic heterocycles. The average molecular weight is 255 g/mol. The molecule has 94 valence electrons. The molecule has 0 saturated heterocycles. The lowest BCUT2D eigenvalue weighted by Gasteiger charge is -2.18. The van der Waals surface area contributed by atoms with E-state index in [1.165, 1.54) is 11.3 Å². The molecule has 0 aromatic carbocycles. The average Bonchev–Trinajstić information content (AvgIpc) is 2.95. The summed E-state index contributed by atoms with van der Waals surface area (Å²) in [5, 5.41) is 21.4. The minimum absolute atomic E-state index is 0.239. The third-order valence-corrected chi connectivity index (χ3v) is 4.38. The highest BCUT2D eigenvalue weighted by Crippen LogP contribution is 2.26. The zero-order valence-electron chi connectivity index (χ0n) is 9.56. The SMILES string of the molecule is O=C(O)c1ccc(CNC2CCCC2CO)s1. The molecule has 1 fully saturated rings. The quantitative estimate of drug-likeness (QED) is 0.749. The van der Waals surface area contributed by atoms with Gasteiger partial charge in [-0.15, -0.1) is 11.3 Å². The van der Waals surface area contributed by atoms with E-state index >= 15 is 0 Å². The van der Waals surface area contributed by atoms with Crippen molar-refractivity contribution in [3.05, 3.63) is 21.9 Å². The van der Waals surface area contributed by atoms with Crippen LogP contribution in [0.4, 0.5) is 0 Å². The molecule has 1 aliphatic carbocycles. The summed E-state index contributed by atoms with van der Waals surface area (Å²) in [7, 11) is 0. The predicted molar refractivity (Wildman–Crippen MR) is 66.3 cm³/mol. The fourth-order valence-electron chi connectivity index (χ4n) is 2.34. The Bertz CT molecular complexity index is 391. The van der Waals surface area contributed by atoms with Crippen molar-refractivity contribution in [3.63, 3.8) is 0 Å². The Morgan fingerprint density at radius 1 is 1.47 bits per heavy atom. The van der Waals surface area contributed by atoms with E-state index in [0.717, 1.165) is 24.1 Å². The van der Waals surface area contributed by atoms with Gasteiger partial charge in [-0.3, -0.25) is 0 Å². The number of rotatable bonds is 5. The standard InChI is InChI=1S/C12H17NO3S/c14-7-8-2-1-3-10(8)13-6-9-4-5-11(17-9)12(15)16/h4-5,8,10,13-14H,1-3,6-7H2,(H,15,16). The second-order valence-electron chi connectivity index (χ2n) is 4.43. The Morgan fingerprint density at radius 3 is 2.94 bits per heavy atom. The van der Waals surface area contributed by atoms with Crippen LogP contribution >= 0.6 is 11.3 Å². The van der Waals surface area contributed by atoms with Crippen molar-refractivity contribution in [2.45, 2.75) is 31.8 Å². The highest BCUT2D eigenvalue weighted by molar-refractivity contribution is 7.13. The van der Waals surface area contributed by atoms with Gasteiger partial charge in [-0.05, 0) is 30.9 Å². The van der Waals surface area contributed by atoms with E-state index < -0.39 is 5.97 Å². The molecule has 17 heavy (non-hydrogen) atoms. The van der Waals surface area contributed by atoms with E-state index in [-0.39, 0.29) is 6.61 Å². The molecule has 2 unspecified atom stereocenters. The minimum atomic E-state index is -0.865. The number of hydrogen-bond donors (Lipinski definition) is 3. The van der Waals surface area contributed by atoms with Crippen LogP contribution < -0.4 is 5.32 Å². The van der Waals surface area contributed by atoms with E-state index in [1.54, 1.807) is 6.07 Å². The highest BCUT2D eigenvalue weighted by atomic mass is 32.1. The minimum Gasteiger partial charge on any atom is -0.477 e. The number of thiophene rings is 1. The molecule has 0 amide bonds. The van der Waals surface area contributed by atoms with Crippen LogP contribution in [0.3, 0.4) is 0 Å². The molecule has 1 saturated carbocycles. The number of hydrogen-bond acceptors (Lipinski definition) is 4. The Hall–Kier alpha value is -0.910. The van der Waals surface area contributed by atoms with E-state index in [0.29, 0.717) is 23.4 Å². The molecule has 0 aliphatic heterocycles. The number of aliphatic hydroxyl groups is 1. The molecule has 0 radical (unpaired) electrons. The molecular weight excluding hydrogens is 238 g/mol. The molecule has 5 heteroatoms. The van der Waals surface area contributed by atoms with Crippen LogP contribution in [0.1, 0.15) is 33.8 Å². The molecule has 1 aromatic rings. The fourth-order valence-corrected chi connectivity index (χ4v) is 3.14. The Morgan fingerprint density at radius 2 is 2.29 bits per heavy atom. The first-order valence-corrected chi connectivity index (χ1v) is 6.68. The van der Waals surface area contributed by atoms with Gasteiger partial charge in [-0.1, -0.05) is 6.42 Å². The normalized spacial score (nSPS) is 24.1. The Balaban J connectivity index is 1.86. The molecule has 1 heterocycles. The van der Waals surface area contributed by atoms with E-state index in [1.807, 2.05) is 6.07 Å². The van der Waals surface area contributed by atoms with Gasteiger partial charge < -0.3 is 15.5 Å². The van der Waals surface area contributed by atoms with Crippen molar-refractivity contribution in [1.82, 2.24) is 5.32 Å². The van der Waals surface area contributed by atoms with Gasteiger partial charge in [0.15, 0.2) is 0 Å². The van der Waals surface area contributed by atoms with Crippen molar-refractivity contribution >= 4 is 17.3 Å². The first kappa shape index (κ1) is 12.5. The third kappa shape index (κ3) is 3.06. The zero-order valence-corrected chi connectivity index (χ0v) is 10.4. The molecule has 4 nitrogen and oxygen atoms in total. The van der Waals surface area contributed by atoms with Crippen LogP contribution in [0.5, 0.6) is 0 Å². The van der Waals surface area contributed by atoms with Crippen molar-refractivity contribution < 1.29 is 15.0 Å². The number of carboxylic acids is 1. The van der Waals surface area contributed by atoms with Crippen LogP contribution in [0.15, 0.2) is 12.1 Å². The molecule has 2 rings (SSSR count). The van der Waals surface area contributed by atoms with Crippen LogP contribution in [0, 0.1) is 5.92 Å². The second-order valence-corrected chi connectivity index (χ2v) is 5.60. The van der Waals surface area contributed by atoms with Gasteiger partial charge in [0.2, 0.25) is 0 Å². The topological polar surface area (TPSA) is 69.6 Å². The summed E-state index contributed by atoms with van der Waals surface area (Å²) < 4.78 is 0. The van der Waals surface area contributed by atoms with E-state index in [4.69, 9.17) is 5.11 Å². The molecule has 1 aliphatic rings. The van der Waals surface area contributed by atoms with Crippen molar-refractivity contribution in [2.24, 2.45) is 5.92 Å². The van der Waals surface area contributed by atoms with Crippen LogP contribution in [-0.4, -0.2) is 28.8 Å². The van der Waals surface area contributed by atoms with Gasteiger partial charge in [0.25, 0.3) is 0 Å². The number of carboxylic acid groups (broad SMARTS) is 1. The Kier molecular flexibility index (Phi) is 4.15. The highest BCUT2D eigenvalue weighted by Gasteiger charge is 2.25. The zero-order chi connectivity index (χ0) is 12.3. The van der Waals surface area contributed by atoms with E-state index in [2.05, 4.69) is 5.32 Å². The monoisotopic (exact) mass is 255 g/mol. The van der Waals surface area contributed by atoms with Gasteiger partial charge in [-0.25, -0.2) is 4.79 Å². The largest absolute Gasteiger partial charge is 0.477 e. The molecule has 3 N–H and O–H groups in total. The number of nitrogens with one attached hydrogen (secondary N) is 1. The van der Waals surface area contributed by atoms with Gasteiger partial charge in [-0.2, -0.15) is 0 Å². The van der Waals surface area contributed by atoms with Crippen LogP contribution in [-0.2, 0) is 6.54 Å². The lowest BCUT2D eigenvalue weighted by atomic mass is 10.1. The summed E-state index contributed by atoms with van der Waals surface area (Å²) in [5.41, 5.74) is 0. The fraction of sp³-hybridized carbons (Fsp3) is 0.583. The van der Waals surface area contributed by atoms with Crippen molar-refractivity contribution in [1.29, 1.82) is 0 Å². The smallest absolute Gasteiger partial charge is 0.345 e. The maximum absolute atomic E-state index is 10.7. The third-order valence-electron chi connectivity index (χ3n) is 3.30. The predicted octanol–water partition coefficient (Wildman–Crippen LogP) is 1.70. The maximum Gasteiger partial charge on any atom is 0.345 e. The summed E-state index contributed by atoms with van der Waals surface area (Å²) in [6.45, 7) is 0.932. The lowest BCUT2D eigenvalue weighted by Crippen LogP contribution is -2.33. The van der Waals surface area contributed by atoms with Gasteiger partial charge in [0, 0.05) is 24.1 Å². The first-order chi connectivity index (χ1) is 8.20. The molecule has 0 spiro atoms. The Labute approximate surface area is 104 Å². The van der Waals surface area contributed by atoms with Gasteiger partial charge in [0.1, 0.15) is 4.88 Å². The summed E-state index contributed by atoms with van der Waals surface area (Å²) in [5.74, 6) is -0.510. The number of aromatic carboxylic acids is 1. The number of carbonyl (C=O) groups is 1. The lowest BCUT2D eigenvalue weighted by molar-refractivity contribution is 0.0702. The molecule has 0 bridgehead atoms. The molecule has 2 atom stereocenters. The van der Waals surface area contributed by atoms with E-state index in [9.17, 15) is 9.90 Å². The summed E-state index contributed by atoms with van der Waals surface area (Å²) in [6, 6.07) is 3.86. The van der Waals surface area contributed by atoms with Crippen LogP contribution in [0.25, 0.3) is 0 Å². The van der Waals surface area contributed by atoms with Crippen molar-refractivity contribution in [3.8, 4) is 0 Å². The summed E-state index contributed by atoms with van der Waals surface area (Å²) >= 11 is 1.31. The van der Waals surface area contributed by atoms with Crippen molar-refractivity contribution in [2.75, 3.05) is 6.61 Å². The molecular formula is C12H17NO3S. The second kappa shape index (κ2) is 5.62. The van der Waals surface area contributed by atoms with Gasteiger partial charge in [0.05, 0.1) is 0 Å². The van der Waals surface area contributed by atoms with Gasteiger partial charge >= 0.3 is 5.97 Å². The first-order valence-electron chi connectivity index (χ1n) is 5.87. The summed E-state index contributed by atoms with van der Waals surface area (Å²) in [4.78, 5) is 12.1. The number of aliphatic hydroxyl groups excluding tert-OH is 1. The summed E-state index contributed by atoms with van der Waals surface area (Å²) in [6.07, 6.45) is 3.34. The maximum atomic E-state index is 10.7.